The first kappa shape index (κ1) is 32.0. The second kappa shape index (κ2) is 17.4. The lowest BCUT2D eigenvalue weighted by Gasteiger charge is -2.28. The van der Waals surface area contributed by atoms with Gasteiger partial charge in [0.15, 0.2) is 0 Å². The fraction of sp³-hybridized carbons (Fsp3) is 0.444. The number of amides is 1. The number of carbonyl (C=O) groups excluding carboxylic acids is 3. The number of carbonyl (C=O) groups is 3. The van der Waals surface area contributed by atoms with Gasteiger partial charge in [0.05, 0.1) is 6.42 Å². The topological polar surface area (TPSA) is 100 Å². The molecule has 0 unspecified atom stereocenters. The average molecular weight is 582 g/mol. The molecule has 2 aromatic rings. The lowest BCUT2D eigenvalue weighted by Crippen LogP contribution is -2.46. The molecule has 38 heavy (non-hydrogen) atoms. The molecule has 0 saturated heterocycles. The fourth-order valence-electron chi connectivity index (χ4n) is 3.49. The summed E-state index contributed by atoms with van der Waals surface area (Å²) in [6.45, 7) is 7.65. The molecule has 0 aromatic heterocycles. The predicted octanol–water partition coefficient (Wildman–Crippen LogP) is 5.60. The molecule has 0 atom stereocenters. The van der Waals surface area contributed by atoms with Gasteiger partial charge in [-0.05, 0) is 68.8 Å². The van der Waals surface area contributed by atoms with Crippen molar-refractivity contribution >= 4 is 49.2 Å². The molecule has 0 bridgehead atoms. The van der Waals surface area contributed by atoms with E-state index in [1.807, 2.05) is 32.9 Å². The monoisotopic (exact) mass is 581 g/mol. The smallest absolute Gasteiger partial charge is 0.427 e. The van der Waals surface area contributed by atoms with Crippen molar-refractivity contribution in [2.45, 2.75) is 56.9 Å². The molecule has 0 radical (unpaired) electrons. The van der Waals surface area contributed by atoms with E-state index < -0.39 is 14.8 Å². The highest BCUT2D eigenvalue weighted by molar-refractivity contribution is 8.14. The molecule has 2 rings (SSSR count). The minimum atomic E-state index is -2.73. The second-order valence-electron chi connectivity index (χ2n) is 8.10. The van der Waals surface area contributed by atoms with Crippen molar-refractivity contribution in [1.29, 1.82) is 0 Å². The maximum absolute atomic E-state index is 12.4. The van der Waals surface area contributed by atoms with Crippen LogP contribution in [0.5, 0.6) is 5.75 Å². The number of hydrogen-bond donors (Lipinski definition) is 1. The van der Waals surface area contributed by atoms with Crippen LogP contribution in [0.15, 0.2) is 53.4 Å². The van der Waals surface area contributed by atoms with Crippen LogP contribution in [0.25, 0.3) is 0 Å². The summed E-state index contributed by atoms with van der Waals surface area (Å²) in [7, 11) is -2.73. The Labute approximate surface area is 235 Å². The molecule has 2 aromatic carbocycles. The minimum Gasteiger partial charge on any atom is -0.427 e. The summed E-state index contributed by atoms with van der Waals surface area (Å²) in [4.78, 5) is 37.5. The first-order chi connectivity index (χ1) is 18.3. The zero-order valence-electron chi connectivity index (χ0n) is 22.1. The van der Waals surface area contributed by atoms with Gasteiger partial charge in [0, 0.05) is 55.2 Å². The second-order valence-corrected chi connectivity index (χ2v) is 12.1. The number of alkyl halides is 1. The Morgan fingerprint density at radius 2 is 1.47 bits per heavy atom. The number of rotatable bonds is 17. The molecule has 1 N–H and O–H groups in total. The van der Waals surface area contributed by atoms with Crippen LogP contribution in [0.4, 0.5) is 0 Å². The third-order valence-electron chi connectivity index (χ3n) is 5.24. The summed E-state index contributed by atoms with van der Waals surface area (Å²) in [5.74, 6) is 0.00436. The van der Waals surface area contributed by atoms with Gasteiger partial charge in [-0.15, -0.1) is 11.6 Å². The van der Waals surface area contributed by atoms with Crippen LogP contribution in [0.1, 0.15) is 56.0 Å². The molecular formula is C27H36ClNO7SSi. The Bertz CT molecular complexity index is 1000. The van der Waals surface area contributed by atoms with Crippen LogP contribution in [-0.4, -0.2) is 52.2 Å². The van der Waals surface area contributed by atoms with E-state index >= 15 is 0 Å². The van der Waals surface area contributed by atoms with E-state index in [1.165, 1.54) is 0 Å². The van der Waals surface area contributed by atoms with Crippen molar-refractivity contribution in [1.82, 2.24) is 5.32 Å². The maximum Gasteiger partial charge on any atom is 0.500 e. The number of benzene rings is 2. The molecule has 208 valence electrons. The van der Waals surface area contributed by atoms with Crippen molar-refractivity contribution in [2.75, 3.05) is 26.4 Å². The molecule has 1 amide bonds. The third-order valence-corrected chi connectivity index (χ3v) is 9.63. The first-order valence-corrected chi connectivity index (χ1v) is 16.0. The average Bonchev–Trinajstić information content (AvgIpc) is 2.91. The zero-order valence-corrected chi connectivity index (χ0v) is 24.7. The molecule has 8 nitrogen and oxygen atoms in total. The van der Waals surface area contributed by atoms with Crippen LogP contribution in [0, 0.1) is 0 Å². The summed E-state index contributed by atoms with van der Waals surface area (Å²) < 4.78 is 22.7. The Morgan fingerprint density at radius 1 is 0.868 bits per heavy atom. The largest absolute Gasteiger partial charge is 0.500 e. The van der Waals surface area contributed by atoms with Crippen molar-refractivity contribution in [2.24, 2.45) is 0 Å². The molecular weight excluding hydrogens is 546 g/mol. The standard InChI is InChI=1S/C27H36ClNO7SSi/c1-4-33-38(34-5-2,35-6-3)19-7-18-29-25(30)16-17-26(31)36-23-12-14-24(15-13-23)37-27(32)22-10-8-21(20-28)9-11-22/h8-15H,4-7,16-20H2,1-3H3,(H,29,30). The number of thioether (sulfide) groups is 1. The van der Waals surface area contributed by atoms with Crippen LogP contribution >= 0.6 is 23.4 Å². The lowest BCUT2D eigenvalue weighted by molar-refractivity contribution is -0.136. The lowest BCUT2D eigenvalue weighted by atomic mass is 10.2. The van der Waals surface area contributed by atoms with E-state index in [-0.39, 0.29) is 23.9 Å². The molecule has 0 spiro atoms. The third kappa shape index (κ3) is 11.3. The van der Waals surface area contributed by atoms with E-state index in [1.54, 1.807) is 36.4 Å². The number of nitrogens with one attached hydrogen (secondary N) is 1. The zero-order chi connectivity index (χ0) is 27.8. The minimum absolute atomic E-state index is 0.0226. The Morgan fingerprint density at radius 3 is 2.03 bits per heavy atom. The van der Waals surface area contributed by atoms with Gasteiger partial charge in [-0.2, -0.15) is 0 Å². The van der Waals surface area contributed by atoms with Gasteiger partial charge >= 0.3 is 14.8 Å². The Kier molecular flexibility index (Phi) is 14.6. The van der Waals surface area contributed by atoms with Gasteiger partial charge < -0.3 is 23.3 Å². The van der Waals surface area contributed by atoms with Crippen LogP contribution < -0.4 is 10.1 Å². The van der Waals surface area contributed by atoms with Gasteiger partial charge in [0.2, 0.25) is 11.0 Å². The van der Waals surface area contributed by atoms with E-state index in [9.17, 15) is 14.4 Å². The summed E-state index contributed by atoms with van der Waals surface area (Å²) in [6, 6.07) is 14.4. The van der Waals surface area contributed by atoms with Gasteiger partial charge in [-0.25, -0.2) is 0 Å². The Hall–Kier alpha value is -2.21. The van der Waals surface area contributed by atoms with Crippen molar-refractivity contribution < 1.29 is 32.4 Å². The maximum atomic E-state index is 12.4. The highest BCUT2D eigenvalue weighted by Gasteiger charge is 2.39. The normalized spacial score (nSPS) is 11.3. The molecule has 0 aliphatic heterocycles. The molecule has 0 fully saturated rings. The molecule has 0 heterocycles. The van der Waals surface area contributed by atoms with E-state index in [0.29, 0.717) is 56.0 Å². The molecule has 0 aliphatic rings. The summed E-state index contributed by atoms with van der Waals surface area (Å²) in [5.41, 5.74) is 1.53. The molecule has 11 heteroatoms. The highest BCUT2D eigenvalue weighted by atomic mass is 35.5. The van der Waals surface area contributed by atoms with E-state index in [2.05, 4.69) is 5.32 Å². The number of ether oxygens (including phenoxy) is 1. The highest BCUT2D eigenvalue weighted by Crippen LogP contribution is 2.25. The summed E-state index contributed by atoms with van der Waals surface area (Å²) in [5, 5.41) is 2.72. The van der Waals surface area contributed by atoms with Gasteiger partial charge in [0.25, 0.3) is 0 Å². The van der Waals surface area contributed by atoms with Gasteiger partial charge in [-0.1, -0.05) is 24.3 Å². The number of esters is 1. The first-order valence-electron chi connectivity index (χ1n) is 12.7. The van der Waals surface area contributed by atoms with Crippen LogP contribution in [-0.2, 0) is 28.7 Å². The Balaban J connectivity index is 1.71. The summed E-state index contributed by atoms with van der Waals surface area (Å²) in [6.07, 6.45) is 0.622. The van der Waals surface area contributed by atoms with Crippen molar-refractivity contribution in [3.8, 4) is 5.75 Å². The van der Waals surface area contributed by atoms with E-state index in [4.69, 9.17) is 29.6 Å². The number of halogens is 1. The number of hydrogen-bond acceptors (Lipinski definition) is 8. The van der Waals surface area contributed by atoms with Crippen LogP contribution in [0.3, 0.4) is 0 Å². The van der Waals surface area contributed by atoms with Gasteiger partial charge in [0.1, 0.15) is 5.75 Å². The fourth-order valence-corrected chi connectivity index (χ4v) is 7.02. The quantitative estimate of drug-likeness (QED) is 0.0643. The molecule has 0 aliphatic carbocycles. The summed E-state index contributed by atoms with van der Waals surface area (Å²) >= 11 is 6.87. The van der Waals surface area contributed by atoms with E-state index in [0.717, 1.165) is 22.2 Å². The van der Waals surface area contributed by atoms with Crippen molar-refractivity contribution in [3.05, 3.63) is 59.7 Å². The predicted molar refractivity (Wildman–Crippen MR) is 151 cm³/mol. The SMILES string of the molecule is CCO[Si](CCCNC(=O)CCC(=O)Oc1ccc(SC(=O)c2ccc(CCl)cc2)cc1)(OCC)OCC. The van der Waals surface area contributed by atoms with Crippen LogP contribution in [0.2, 0.25) is 6.04 Å². The molecule has 0 saturated carbocycles. The van der Waals surface area contributed by atoms with Crippen molar-refractivity contribution in [3.63, 3.8) is 0 Å². The van der Waals surface area contributed by atoms with Gasteiger partial charge in [-0.3, -0.25) is 14.4 Å².